The van der Waals surface area contributed by atoms with Crippen LogP contribution < -0.4 is 0 Å². The molecule has 1 N–H and O–H groups in total. The average molecular weight is 515 g/mol. The summed E-state index contributed by atoms with van der Waals surface area (Å²) in [5.74, 6) is -1.74. The van der Waals surface area contributed by atoms with Crippen LogP contribution in [0.5, 0.6) is 0 Å². The summed E-state index contributed by atoms with van der Waals surface area (Å²) in [6.07, 6.45) is -11.7. The molecule has 1 heterocycles. The fraction of sp³-hybridized carbons (Fsp3) is 0.261. The first-order valence-electron chi connectivity index (χ1n) is 10.2. The Balaban J connectivity index is 2.09. The van der Waals surface area contributed by atoms with Gasteiger partial charge in [-0.1, -0.05) is 30.3 Å². The van der Waals surface area contributed by atoms with Crippen LogP contribution in [0.15, 0.2) is 54.2 Å². The van der Waals surface area contributed by atoms with Gasteiger partial charge in [-0.2, -0.15) is 26.3 Å². The van der Waals surface area contributed by atoms with E-state index in [1.807, 2.05) is 0 Å². The summed E-state index contributed by atoms with van der Waals surface area (Å²) in [5.41, 5.74) is -3.84. The normalized spacial score (nSPS) is 14.8. The van der Waals surface area contributed by atoms with Gasteiger partial charge < -0.3 is 14.9 Å². The third-order valence-electron chi connectivity index (χ3n) is 5.39. The first kappa shape index (κ1) is 26.6. The molecule has 0 atom stereocenters. The summed E-state index contributed by atoms with van der Waals surface area (Å²) >= 11 is 0. The fourth-order valence-corrected chi connectivity index (χ4v) is 3.67. The second-order valence-corrected chi connectivity index (χ2v) is 7.96. The largest absolute Gasteiger partial charge is 0.465 e. The Morgan fingerprint density at radius 3 is 1.97 bits per heavy atom. The molecule has 13 heteroatoms. The van der Waals surface area contributed by atoms with Crippen molar-refractivity contribution in [2.45, 2.75) is 18.9 Å². The third kappa shape index (κ3) is 5.44. The number of alkyl halides is 6. The Labute approximate surface area is 200 Å². The number of carbonyl (C=O) groups excluding carboxylic acids is 2. The molecule has 7 nitrogen and oxygen atoms in total. The Bertz CT molecular complexity index is 1190. The van der Waals surface area contributed by atoms with E-state index in [0.29, 0.717) is 17.0 Å². The van der Waals surface area contributed by atoms with Gasteiger partial charge in [0.15, 0.2) is 0 Å². The molecule has 0 aliphatic carbocycles. The topological polar surface area (TPSA) is 81.2 Å². The van der Waals surface area contributed by atoms with Gasteiger partial charge in [0.05, 0.1) is 16.8 Å². The number of hydrogen-bond donors (Lipinski definition) is 1. The Kier molecular flexibility index (Phi) is 7.05. The van der Waals surface area contributed by atoms with Gasteiger partial charge in [-0.3, -0.25) is 14.5 Å². The standard InChI is InChI=1S/C23H19F6N3O4/c1-30(11-13-8-15(22(24,25)26)10-16(9-13)23(27,28)29)20(34)19-18(14-6-4-3-5-7-14)32(21(35)36)12-17(33)31(19)2/h3-10H,11-12H2,1-2H3,(H,35,36). The van der Waals surface area contributed by atoms with Crippen molar-refractivity contribution < 1.29 is 45.8 Å². The molecule has 0 bridgehead atoms. The predicted octanol–water partition coefficient (Wildman–Crippen LogP) is 4.50. The number of carbonyl (C=O) groups is 3. The van der Waals surface area contributed by atoms with Crippen LogP contribution in [0.4, 0.5) is 31.1 Å². The molecule has 0 spiro atoms. The van der Waals surface area contributed by atoms with Gasteiger partial charge in [-0.05, 0) is 23.8 Å². The fourth-order valence-electron chi connectivity index (χ4n) is 3.67. The number of nitrogens with zero attached hydrogens (tertiary/aromatic N) is 3. The lowest BCUT2D eigenvalue weighted by atomic mass is 10.0. The Morgan fingerprint density at radius 1 is 0.972 bits per heavy atom. The van der Waals surface area contributed by atoms with Gasteiger partial charge in [0.2, 0.25) is 5.91 Å². The molecule has 0 fully saturated rings. The average Bonchev–Trinajstić information content (AvgIpc) is 2.79. The highest BCUT2D eigenvalue weighted by molar-refractivity contribution is 6.08. The van der Waals surface area contributed by atoms with Gasteiger partial charge in [0.1, 0.15) is 12.2 Å². The van der Waals surface area contributed by atoms with Crippen LogP contribution in [0.1, 0.15) is 22.3 Å². The second kappa shape index (κ2) is 9.55. The smallest absolute Gasteiger partial charge is 0.416 e. The first-order chi connectivity index (χ1) is 16.6. The number of amides is 3. The molecule has 0 aromatic heterocycles. The van der Waals surface area contributed by atoms with Crippen LogP contribution in [0.2, 0.25) is 0 Å². The molecule has 1 aliphatic heterocycles. The van der Waals surface area contributed by atoms with Crippen molar-refractivity contribution in [3.05, 3.63) is 76.5 Å². The number of hydrogen-bond acceptors (Lipinski definition) is 3. The van der Waals surface area contributed by atoms with Crippen molar-refractivity contribution in [1.82, 2.24) is 14.7 Å². The van der Waals surface area contributed by atoms with Crippen molar-refractivity contribution in [1.29, 1.82) is 0 Å². The molecule has 2 aromatic carbocycles. The summed E-state index contributed by atoms with van der Waals surface area (Å²) in [4.78, 5) is 40.1. The summed E-state index contributed by atoms with van der Waals surface area (Å²) in [7, 11) is 2.33. The van der Waals surface area contributed by atoms with E-state index in [4.69, 9.17) is 0 Å². The minimum absolute atomic E-state index is 0.0281. The number of carboxylic acid groups (broad SMARTS) is 1. The highest BCUT2D eigenvalue weighted by Gasteiger charge is 2.39. The van der Waals surface area contributed by atoms with Crippen molar-refractivity contribution in [3.63, 3.8) is 0 Å². The van der Waals surface area contributed by atoms with Crippen LogP contribution in [0.3, 0.4) is 0 Å². The molecular formula is C23H19F6N3O4. The van der Waals surface area contributed by atoms with Gasteiger partial charge in [-0.25, -0.2) is 4.79 Å². The van der Waals surface area contributed by atoms with Gasteiger partial charge in [0.25, 0.3) is 5.91 Å². The molecular weight excluding hydrogens is 496 g/mol. The quantitative estimate of drug-likeness (QED) is 0.608. The highest BCUT2D eigenvalue weighted by atomic mass is 19.4. The van der Waals surface area contributed by atoms with Crippen LogP contribution in [-0.2, 0) is 28.5 Å². The molecule has 1 aliphatic rings. The third-order valence-corrected chi connectivity index (χ3v) is 5.39. The van der Waals surface area contributed by atoms with E-state index in [-0.39, 0.29) is 17.3 Å². The van der Waals surface area contributed by atoms with E-state index in [0.717, 1.165) is 16.8 Å². The molecule has 0 saturated heterocycles. The van der Waals surface area contributed by atoms with Crippen molar-refractivity contribution in [2.24, 2.45) is 0 Å². The maximum Gasteiger partial charge on any atom is 0.416 e. The van der Waals surface area contributed by atoms with Crippen molar-refractivity contribution >= 4 is 23.6 Å². The maximum atomic E-state index is 13.4. The molecule has 3 rings (SSSR count). The number of likely N-dealkylation sites (N-methyl/N-ethyl adjacent to an activating group) is 2. The van der Waals surface area contributed by atoms with E-state index in [1.54, 1.807) is 18.2 Å². The molecule has 0 saturated carbocycles. The lowest BCUT2D eigenvalue weighted by Gasteiger charge is -2.36. The minimum Gasteiger partial charge on any atom is -0.465 e. The maximum absolute atomic E-state index is 13.4. The van der Waals surface area contributed by atoms with E-state index in [1.165, 1.54) is 19.2 Å². The number of benzene rings is 2. The van der Waals surface area contributed by atoms with Crippen LogP contribution in [0, 0.1) is 0 Å². The number of rotatable bonds is 4. The van der Waals surface area contributed by atoms with E-state index in [2.05, 4.69) is 0 Å². The minimum atomic E-state index is -5.07. The van der Waals surface area contributed by atoms with Gasteiger partial charge in [-0.15, -0.1) is 0 Å². The van der Waals surface area contributed by atoms with E-state index >= 15 is 0 Å². The van der Waals surface area contributed by atoms with Crippen LogP contribution >= 0.6 is 0 Å². The summed E-state index contributed by atoms with van der Waals surface area (Å²) < 4.78 is 79.3. The summed E-state index contributed by atoms with van der Waals surface area (Å²) in [6.45, 7) is -1.29. The zero-order chi connectivity index (χ0) is 27.0. The Hall–Kier alpha value is -4.03. The lowest BCUT2D eigenvalue weighted by molar-refractivity contribution is -0.143. The van der Waals surface area contributed by atoms with Crippen molar-refractivity contribution in [2.75, 3.05) is 20.6 Å². The summed E-state index contributed by atoms with van der Waals surface area (Å²) in [6, 6.07) is 8.69. The molecule has 0 radical (unpaired) electrons. The van der Waals surface area contributed by atoms with Gasteiger partial charge >= 0.3 is 18.4 Å². The molecule has 2 aromatic rings. The predicted molar refractivity (Wildman–Crippen MR) is 114 cm³/mol. The SMILES string of the molecule is CN(Cc1cc(C(F)(F)F)cc(C(F)(F)F)c1)C(=O)C1=C(c2ccccc2)N(C(=O)O)CC(=O)N1C. The molecule has 36 heavy (non-hydrogen) atoms. The van der Waals surface area contributed by atoms with E-state index < -0.39 is 65.7 Å². The Morgan fingerprint density at radius 2 is 1.50 bits per heavy atom. The van der Waals surface area contributed by atoms with Crippen LogP contribution in [-0.4, -0.2) is 58.4 Å². The van der Waals surface area contributed by atoms with E-state index in [9.17, 15) is 45.8 Å². The lowest BCUT2D eigenvalue weighted by Crippen LogP contribution is -2.49. The summed E-state index contributed by atoms with van der Waals surface area (Å²) in [5, 5.41) is 9.64. The second-order valence-electron chi connectivity index (χ2n) is 7.96. The highest BCUT2D eigenvalue weighted by Crippen LogP contribution is 2.37. The molecule has 192 valence electrons. The van der Waals surface area contributed by atoms with Gasteiger partial charge in [0, 0.05) is 26.2 Å². The zero-order valence-electron chi connectivity index (χ0n) is 18.8. The molecule has 0 unspecified atom stereocenters. The monoisotopic (exact) mass is 515 g/mol. The number of halogens is 6. The van der Waals surface area contributed by atoms with Crippen LogP contribution in [0.25, 0.3) is 5.70 Å². The zero-order valence-corrected chi connectivity index (χ0v) is 18.8. The first-order valence-corrected chi connectivity index (χ1v) is 10.2. The molecule has 3 amide bonds. The van der Waals surface area contributed by atoms with Crippen molar-refractivity contribution in [3.8, 4) is 0 Å².